The van der Waals surface area contributed by atoms with Crippen molar-refractivity contribution in [1.29, 1.82) is 0 Å². The molecule has 0 fully saturated rings. The summed E-state index contributed by atoms with van der Waals surface area (Å²) in [7, 11) is -1.63. The van der Waals surface area contributed by atoms with Crippen molar-refractivity contribution in [2.24, 2.45) is 0 Å². The van der Waals surface area contributed by atoms with Crippen LogP contribution in [0, 0.1) is 0 Å². The molecule has 4 N–H and O–H groups in total. The van der Waals surface area contributed by atoms with Crippen LogP contribution in [0.25, 0.3) is 0 Å². The van der Waals surface area contributed by atoms with Gasteiger partial charge in [0.15, 0.2) is 6.29 Å². The maximum Gasteiger partial charge on any atom is 0.490 e. The molecule has 62 valence electrons. The van der Waals surface area contributed by atoms with E-state index in [2.05, 4.69) is 4.98 Å². The van der Waals surface area contributed by atoms with E-state index in [4.69, 9.17) is 15.8 Å². The second-order valence-corrected chi connectivity index (χ2v) is 2.23. The Morgan fingerprint density at radius 3 is 2.75 bits per heavy atom. The van der Waals surface area contributed by atoms with Gasteiger partial charge in [-0.25, -0.2) is 4.98 Å². The number of pyridine rings is 1. The van der Waals surface area contributed by atoms with Gasteiger partial charge in [-0.05, 0) is 6.07 Å². The Morgan fingerprint density at radius 1 is 1.58 bits per heavy atom. The number of aldehydes is 1. The van der Waals surface area contributed by atoms with Crippen LogP contribution in [0.15, 0.2) is 12.3 Å². The first-order chi connectivity index (χ1) is 5.65. The first kappa shape index (κ1) is 8.70. The van der Waals surface area contributed by atoms with Crippen molar-refractivity contribution in [3.05, 3.63) is 17.8 Å². The molecule has 0 saturated heterocycles. The van der Waals surface area contributed by atoms with E-state index in [9.17, 15) is 4.79 Å². The number of nitrogen functional groups attached to an aromatic ring is 1. The summed E-state index contributed by atoms with van der Waals surface area (Å²) in [4.78, 5) is 13.9. The second-order valence-electron chi connectivity index (χ2n) is 2.23. The number of nitrogens with two attached hydrogens (primary N) is 1. The average Bonchev–Trinajstić information content (AvgIpc) is 2.05. The van der Waals surface area contributed by atoms with Crippen LogP contribution in [0.4, 0.5) is 5.82 Å². The molecule has 0 amide bonds. The first-order valence-corrected chi connectivity index (χ1v) is 3.22. The van der Waals surface area contributed by atoms with E-state index in [1.165, 1.54) is 12.3 Å². The average molecular weight is 166 g/mol. The highest BCUT2D eigenvalue weighted by molar-refractivity contribution is 6.58. The standard InChI is InChI=1S/C6H7BN2O3/c8-6-4(3-10)1-5(2-9-6)7(11)12/h1-3,11-12H,(H2,8,9). The molecule has 1 heterocycles. The Bertz CT molecular complexity index is 303. The summed E-state index contributed by atoms with van der Waals surface area (Å²) >= 11 is 0. The van der Waals surface area contributed by atoms with Crippen molar-refractivity contribution in [1.82, 2.24) is 4.98 Å². The fourth-order valence-corrected chi connectivity index (χ4v) is 0.745. The van der Waals surface area contributed by atoms with E-state index >= 15 is 0 Å². The minimum atomic E-state index is -1.63. The van der Waals surface area contributed by atoms with Crippen LogP contribution in [0.3, 0.4) is 0 Å². The van der Waals surface area contributed by atoms with E-state index < -0.39 is 7.12 Å². The van der Waals surface area contributed by atoms with Crippen molar-refractivity contribution >= 4 is 24.7 Å². The third-order valence-corrected chi connectivity index (χ3v) is 1.40. The minimum Gasteiger partial charge on any atom is -0.423 e. The fraction of sp³-hybridized carbons (Fsp3) is 0. The lowest BCUT2D eigenvalue weighted by atomic mass is 9.81. The Hall–Kier alpha value is -1.40. The molecule has 0 spiro atoms. The Kier molecular flexibility index (Phi) is 2.42. The van der Waals surface area contributed by atoms with Crippen LogP contribution in [0.5, 0.6) is 0 Å². The van der Waals surface area contributed by atoms with Crippen LogP contribution < -0.4 is 11.2 Å². The third kappa shape index (κ3) is 1.61. The molecule has 0 saturated carbocycles. The van der Waals surface area contributed by atoms with E-state index in [1.54, 1.807) is 0 Å². The molecule has 6 heteroatoms. The molecule has 1 rings (SSSR count). The third-order valence-electron chi connectivity index (χ3n) is 1.40. The summed E-state index contributed by atoms with van der Waals surface area (Å²) in [6.45, 7) is 0. The number of carbonyl (C=O) groups excluding carboxylic acids is 1. The molecule has 0 aliphatic heterocycles. The number of anilines is 1. The Morgan fingerprint density at radius 2 is 2.25 bits per heavy atom. The quantitative estimate of drug-likeness (QED) is 0.354. The van der Waals surface area contributed by atoms with Crippen LogP contribution in [-0.2, 0) is 0 Å². The zero-order valence-corrected chi connectivity index (χ0v) is 6.14. The normalized spacial score (nSPS) is 9.50. The highest BCUT2D eigenvalue weighted by Gasteiger charge is 2.12. The van der Waals surface area contributed by atoms with Gasteiger partial charge in [-0.3, -0.25) is 4.79 Å². The maximum absolute atomic E-state index is 10.3. The summed E-state index contributed by atoms with van der Waals surface area (Å²) in [6.07, 6.45) is 1.71. The molecular weight excluding hydrogens is 159 g/mol. The summed E-state index contributed by atoms with van der Waals surface area (Å²) in [5.74, 6) is 0.0781. The van der Waals surface area contributed by atoms with Gasteiger partial charge in [0.25, 0.3) is 0 Å². The highest BCUT2D eigenvalue weighted by atomic mass is 16.4. The number of hydrogen-bond acceptors (Lipinski definition) is 5. The van der Waals surface area contributed by atoms with E-state index in [1.807, 2.05) is 0 Å². The van der Waals surface area contributed by atoms with Gasteiger partial charge in [0.05, 0.1) is 5.56 Å². The Labute approximate surface area is 69.0 Å². The molecule has 0 atom stereocenters. The first-order valence-electron chi connectivity index (χ1n) is 3.22. The molecule has 0 radical (unpaired) electrons. The largest absolute Gasteiger partial charge is 0.490 e. The number of carbonyl (C=O) groups is 1. The minimum absolute atomic E-state index is 0.0781. The SMILES string of the molecule is Nc1ncc(B(O)O)cc1C=O. The van der Waals surface area contributed by atoms with Crippen LogP contribution in [0.2, 0.25) is 0 Å². The summed E-state index contributed by atoms with van der Waals surface area (Å²) in [5.41, 5.74) is 5.59. The fourth-order valence-electron chi connectivity index (χ4n) is 0.745. The van der Waals surface area contributed by atoms with Gasteiger partial charge in [-0.15, -0.1) is 0 Å². The van der Waals surface area contributed by atoms with Gasteiger partial charge in [0, 0.05) is 11.7 Å². The van der Waals surface area contributed by atoms with E-state index in [0.717, 1.165) is 0 Å². The zero-order chi connectivity index (χ0) is 9.14. The molecule has 0 bridgehead atoms. The lowest BCUT2D eigenvalue weighted by Crippen LogP contribution is -2.30. The topological polar surface area (TPSA) is 96.4 Å². The molecule has 1 aromatic rings. The van der Waals surface area contributed by atoms with Crippen LogP contribution >= 0.6 is 0 Å². The van der Waals surface area contributed by atoms with Gasteiger partial charge in [0.2, 0.25) is 0 Å². The van der Waals surface area contributed by atoms with Gasteiger partial charge in [-0.1, -0.05) is 0 Å². The molecule has 0 aromatic carbocycles. The van der Waals surface area contributed by atoms with Gasteiger partial charge >= 0.3 is 7.12 Å². The van der Waals surface area contributed by atoms with Crippen molar-refractivity contribution in [3.8, 4) is 0 Å². The predicted molar refractivity (Wildman–Crippen MR) is 43.9 cm³/mol. The molecular formula is C6H7BN2O3. The Balaban J connectivity index is 3.13. The van der Waals surface area contributed by atoms with Crippen molar-refractivity contribution < 1.29 is 14.8 Å². The van der Waals surface area contributed by atoms with E-state index in [0.29, 0.717) is 6.29 Å². The number of nitrogens with zero attached hydrogens (tertiary/aromatic N) is 1. The number of rotatable bonds is 2. The number of hydrogen-bond donors (Lipinski definition) is 3. The smallest absolute Gasteiger partial charge is 0.423 e. The molecule has 1 aromatic heterocycles. The molecule has 5 nitrogen and oxygen atoms in total. The summed E-state index contributed by atoms with van der Waals surface area (Å²) < 4.78 is 0. The van der Waals surface area contributed by atoms with Crippen LogP contribution in [0.1, 0.15) is 10.4 Å². The maximum atomic E-state index is 10.3. The van der Waals surface area contributed by atoms with Gasteiger partial charge in [0.1, 0.15) is 5.82 Å². The predicted octanol–water partition coefficient (Wildman–Crippen LogP) is -1.84. The lowest BCUT2D eigenvalue weighted by molar-refractivity contribution is 0.112. The molecule has 0 aliphatic rings. The molecule has 12 heavy (non-hydrogen) atoms. The summed E-state index contributed by atoms with van der Waals surface area (Å²) in [5, 5.41) is 17.4. The lowest BCUT2D eigenvalue weighted by Gasteiger charge is -2.00. The van der Waals surface area contributed by atoms with Gasteiger partial charge in [-0.2, -0.15) is 0 Å². The van der Waals surface area contributed by atoms with E-state index in [-0.39, 0.29) is 16.8 Å². The zero-order valence-electron chi connectivity index (χ0n) is 6.14. The van der Waals surface area contributed by atoms with Crippen molar-refractivity contribution in [3.63, 3.8) is 0 Å². The van der Waals surface area contributed by atoms with Crippen LogP contribution in [-0.4, -0.2) is 28.4 Å². The highest BCUT2D eigenvalue weighted by Crippen LogP contribution is 2.01. The van der Waals surface area contributed by atoms with Crippen molar-refractivity contribution in [2.75, 3.05) is 5.73 Å². The molecule has 0 aliphatic carbocycles. The van der Waals surface area contributed by atoms with Gasteiger partial charge < -0.3 is 15.8 Å². The van der Waals surface area contributed by atoms with Crippen molar-refractivity contribution in [2.45, 2.75) is 0 Å². The second kappa shape index (κ2) is 3.33. The monoisotopic (exact) mass is 166 g/mol. The molecule has 0 unspecified atom stereocenters. The summed E-state index contributed by atoms with van der Waals surface area (Å²) in [6, 6.07) is 1.28. The number of aromatic nitrogens is 1.